The predicted molar refractivity (Wildman–Crippen MR) is 71.9 cm³/mol. The Morgan fingerprint density at radius 3 is 2.44 bits per heavy atom. The van der Waals surface area contributed by atoms with Crippen LogP contribution >= 0.6 is 0 Å². The molecule has 1 atom stereocenters. The molecule has 1 unspecified atom stereocenters. The summed E-state index contributed by atoms with van der Waals surface area (Å²) in [6, 6.07) is 5.29. The molecule has 102 valence electrons. The van der Waals surface area contributed by atoms with Gasteiger partial charge in [0, 0.05) is 6.54 Å². The molecule has 1 aromatic carbocycles. The Balaban J connectivity index is 2.90. The third-order valence-electron chi connectivity index (χ3n) is 2.89. The minimum atomic E-state index is -3.55. The number of nitrogens with one attached hydrogen (secondary N) is 1. The fourth-order valence-corrected chi connectivity index (χ4v) is 2.88. The van der Waals surface area contributed by atoms with E-state index in [2.05, 4.69) is 4.72 Å². The third kappa shape index (κ3) is 3.80. The van der Waals surface area contributed by atoms with E-state index in [0.717, 1.165) is 5.56 Å². The van der Waals surface area contributed by atoms with Crippen molar-refractivity contribution in [2.45, 2.75) is 38.7 Å². The van der Waals surface area contributed by atoms with Crippen LogP contribution < -0.4 is 4.72 Å². The molecule has 0 bridgehead atoms. The molecule has 0 saturated carbocycles. The second-order valence-electron chi connectivity index (χ2n) is 4.93. The maximum absolute atomic E-state index is 12.1. The smallest absolute Gasteiger partial charge is 0.240 e. The Hall–Kier alpha value is -0.910. The summed E-state index contributed by atoms with van der Waals surface area (Å²) in [5, 5.41) is 9.63. The molecule has 1 aromatic rings. The zero-order chi connectivity index (χ0) is 13.9. The summed E-state index contributed by atoms with van der Waals surface area (Å²) in [7, 11) is -3.55. The number of aliphatic hydroxyl groups excluding tert-OH is 1. The summed E-state index contributed by atoms with van der Waals surface area (Å²) >= 11 is 0. The van der Waals surface area contributed by atoms with Gasteiger partial charge >= 0.3 is 0 Å². The van der Waals surface area contributed by atoms with Crippen LogP contribution in [0.3, 0.4) is 0 Å². The molecule has 4 nitrogen and oxygen atoms in total. The van der Waals surface area contributed by atoms with E-state index in [9.17, 15) is 13.5 Å². The van der Waals surface area contributed by atoms with Gasteiger partial charge in [-0.15, -0.1) is 0 Å². The number of aryl methyl sites for hydroxylation is 2. The van der Waals surface area contributed by atoms with Gasteiger partial charge < -0.3 is 5.11 Å². The summed E-state index contributed by atoms with van der Waals surface area (Å²) in [5.74, 6) is 0.0197. The molecule has 0 aliphatic heterocycles. The van der Waals surface area contributed by atoms with Crippen molar-refractivity contribution in [2.75, 3.05) is 6.54 Å². The van der Waals surface area contributed by atoms with E-state index >= 15 is 0 Å². The van der Waals surface area contributed by atoms with Gasteiger partial charge in [0.05, 0.1) is 11.0 Å². The van der Waals surface area contributed by atoms with E-state index in [0.29, 0.717) is 5.56 Å². The highest BCUT2D eigenvalue weighted by Crippen LogP contribution is 2.16. The molecule has 18 heavy (non-hydrogen) atoms. The molecular formula is C13H21NO3S. The quantitative estimate of drug-likeness (QED) is 0.855. The van der Waals surface area contributed by atoms with Crippen LogP contribution in [0.5, 0.6) is 0 Å². The Labute approximate surface area is 109 Å². The predicted octanol–water partition coefficient (Wildman–Crippen LogP) is 1.60. The molecular weight excluding hydrogens is 250 g/mol. The van der Waals surface area contributed by atoms with Crippen molar-refractivity contribution in [2.24, 2.45) is 5.92 Å². The molecule has 0 aliphatic carbocycles. The first-order valence-corrected chi connectivity index (χ1v) is 7.47. The fourth-order valence-electron chi connectivity index (χ4n) is 1.51. The summed E-state index contributed by atoms with van der Waals surface area (Å²) in [4.78, 5) is 0.276. The molecule has 5 heteroatoms. The molecule has 0 aliphatic rings. The number of benzene rings is 1. The van der Waals surface area contributed by atoms with E-state index in [1.54, 1.807) is 19.1 Å². The van der Waals surface area contributed by atoms with Crippen molar-refractivity contribution >= 4 is 10.0 Å². The van der Waals surface area contributed by atoms with E-state index in [1.165, 1.54) is 0 Å². The number of sulfonamides is 1. The van der Waals surface area contributed by atoms with Crippen LogP contribution in [0.4, 0.5) is 0 Å². The van der Waals surface area contributed by atoms with Crippen LogP contribution in [0.25, 0.3) is 0 Å². The Morgan fingerprint density at radius 1 is 1.28 bits per heavy atom. The molecule has 0 fully saturated rings. The highest BCUT2D eigenvalue weighted by molar-refractivity contribution is 7.89. The second-order valence-corrected chi connectivity index (χ2v) is 6.67. The first-order chi connectivity index (χ1) is 8.24. The Kier molecular flexibility index (Phi) is 4.90. The van der Waals surface area contributed by atoms with Crippen molar-refractivity contribution in [1.82, 2.24) is 4.72 Å². The van der Waals surface area contributed by atoms with E-state index in [1.807, 2.05) is 26.8 Å². The molecule has 0 radical (unpaired) electrons. The number of hydrogen-bond donors (Lipinski definition) is 2. The molecule has 0 aromatic heterocycles. The topological polar surface area (TPSA) is 66.4 Å². The standard InChI is InChI=1S/C13H21NO3S/c1-9(2)12(15)8-14-18(16,17)13-7-10(3)5-6-11(13)4/h5-7,9,12,14-15H,8H2,1-4H3. The van der Waals surface area contributed by atoms with Crippen LogP contribution in [-0.2, 0) is 10.0 Å². The largest absolute Gasteiger partial charge is 0.391 e. The average Bonchev–Trinajstić information content (AvgIpc) is 2.29. The lowest BCUT2D eigenvalue weighted by Crippen LogP contribution is -2.35. The Bertz CT molecular complexity index is 509. The van der Waals surface area contributed by atoms with Gasteiger partial charge in [-0.05, 0) is 37.0 Å². The first kappa shape index (κ1) is 15.1. The van der Waals surface area contributed by atoms with Gasteiger partial charge in [0.2, 0.25) is 10.0 Å². The molecule has 0 spiro atoms. The van der Waals surface area contributed by atoms with Gasteiger partial charge in [0.15, 0.2) is 0 Å². The second kappa shape index (κ2) is 5.82. The number of aliphatic hydroxyl groups is 1. The van der Waals surface area contributed by atoms with Gasteiger partial charge in [-0.2, -0.15) is 0 Å². The van der Waals surface area contributed by atoms with Crippen molar-refractivity contribution in [3.63, 3.8) is 0 Å². The lowest BCUT2D eigenvalue weighted by molar-refractivity contribution is 0.129. The number of rotatable bonds is 5. The molecule has 0 amide bonds. The van der Waals surface area contributed by atoms with Gasteiger partial charge in [0.25, 0.3) is 0 Å². The first-order valence-electron chi connectivity index (χ1n) is 5.99. The van der Waals surface area contributed by atoms with E-state index < -0.39 is 16.1 Å². The van der Waals surface area contributed by atoms with Crippen molar-refractivity contribution in [1.29, 1.82) is 0 Å². The summed E-state index contributed by atoms with van der Waals surface area (Å²) < 4.78 is 26.7. The van der Waals surface area contributed by atoms with Crippen LogP contribution in [-0.4, -0.2) is 26.2 Å². The minimum absolute atomic E-state index is 0.0197. The van der Waals surface area contributed by atoms with Crippen LogP contribution in [0.2, 0.25) is 0 Å². The molecule has 0 saturated heterocycles. The van der Waals surface area contributed by atoms with Crippen LogP contribution in [0.15, 0.2) is 23.1 Å². The minimum Gasteiger partial charge on any atom is -0.391 e. The summed E-state index contributed by atoms with van der Waals surface area (Å²) in [6.45, 7) is 7.33. The lowest BCUT2D eigenvalue weighted by atomic mass is 10.1. The maximum atomic E-state index is 12.1. The maximum Gasteiger partial charge on any atom is 0.240 e. The number of hydrogen-bond acceptors (Lipinski definition) is 3. The Morgan fingerprint density at radius 2 is 1.89 bits per heavy atom. The van der Waals surface area contributed by atoms with Crippen molar-refractivity contribution in [3.05, 3.63) is 29.3 Å². The van der Waals surface area contributed by atoms with Gasteiger partial charge in [-0.25, -0.2) is 13.1 Å². The van der Waals surface area contributed by atoms with Crippen LogP contribution in [0, 0.1) is 19.8 Å². The van der Waals surface area contributed by atoms with E-state index in [4.69, 9.17) is 0 Å². The average molecular weight is 271 g/mol. The summed E-state index contributed by atoms with van der Waals surface area (Å²) in [6.07, 6.45) is -0.676. The highest BCUT2D eigenvalue weighted by atomic mass is 32.2. The molecule has 0 heterocycles. The van der Waals surface area contributed by atoms with Crippen LogP contribution in [0.1, 0.15) is 25.0 Å². The van der Waals surface area contributed by atoms with Gasteiger partial charge in [-0.1, -0.05) is 26.0 Å². The van der Waals surface area contributed by atoms with Crippen molar-refractivity contribution in [3.8, 4) is 0 Å². The third-order valence-corrected chi connectivity index (χ3v) is 4.45. The lowest BCUT2D eigenvalue weighted by Gasteiger charge is -2.16. The SMILES string of the molecule is Cc1ccc(C)c(S(=O)(=O)NCC(O)C(C)C)c1. The zero-order valence-corrected chi connectivity index (χ0v) is 12.1. The molecule has 1 rings (SSSR count). The molecule has 2 N–H and O–H groups in total. The van der Waals surface area contributed by atoms with Gasteiger partial charge in [-0.3, -0.25) is 0 Å². The summed E-state index contributed by atoms with van der Waals surface area (Å²) in [5.41, 5.74) is 1.59. The zero-order valence-electron chi connectivity index (χ0n) is 11.3. The normalized spacial score (nSPS) is 13.9. The van der Waals surface area contributed by atoms with Gasteiger partial charge in [0.1, 0.15) is 0 Å². The fraction of sp³-hybridized carbons (Fsp3) is 0.538. The van der Waals surface area contributed by atoms with Crippen molar-refractivity contribution < 1.29 is 13.5 Å². The highest BCUT2D eigenvalue weighted by Gasteiger charge is 2.19. The van der Waals surface area contributed by atoms with E-state index in [-0.39, 0.29) is 17.4 Å². The monoisotopic (exact) mass is 271 g/mol.